The van der Waals surface area contributed by atoms with Gasteiger partial charge in [-0.15, -0.1) is 0 Å². The van der Waals surface area contributed by atoms with E-state index in [1.165, 1.54) is 6.07 Å². The molecule has 6 nitrogen and oxygen atoms in total. The van der Waals surface area contributed by atoms with Crippen molar-refractivity contribution in [2.75, 3.05) is 6.54 Å². The quantitative estimate of drug-likeness (QED) is 0.504. The van der Waals surface area contributed by atoms with Crippen LogP contribution in [0.3, 0.4) is 0 Å². The summed E-state index contributed by atoms with van der Waals surface area (Å²) in [5.74, 6) is -0.357. The smallest absolute Gasteiger partial charge is 0.320 e. The zero-order valence-electron chi connectivity index (χ0n) is 11.6. The van der Waals surface area contributed by atoms with Gasteiger partial charge in [-0.05, 0) is 48.3 Å². The molecule has 0 bridgehead atoms. The van der Waals surface area contributed by atoms with Crippen LogP contribution in [0.5, 0.6) is 0 Å². The van der Waals surface area contributed by atoms with Crippen LogP contribution in [0.2, 0.25) is 0 Å². The number of hydrogen-bond donors (Lipinski definition) is 1. The van der Waals surface area contributed by atoms with Gasteiger partial charge in [0.25, 0.3) is 5.69 Å². The van der Waals surface area contributed by atoms with Crippen molar-refractivity contribution in [2.45, 2.75) is 32.9 Å². The van der Waals surface area contributed by atoms with Gasteiger partial charge in [-0.25, -0.2) is 0 Å². The van der Waals surface area contributed by atoms with Crippen LogP contribution >= 0.6 is 15.9 Å². The van der Waals surface area contributed by atoms with Crippen molar-refractivity contribution >= 4 is 27.6 Å². The first-order valence-corrected chi connectivity index (χ1v) is 6.84. The number of ether oxygens (including phenoxy) is 1. The molecule has 20 heavy (non-hydrogen) atoms. The standard InChI is InChI=1S/C13H17BrN2O4/c1-13(2,3)20-12(17)8-15-7-9-4-5-10(14)11(6-9)16(18)19/h4-6,15H,7-8H2,1-3H3. The number of nitrogens with zero attached hydrogens (tertiary/aromatic N) is 1. The Bertz CT molecular complexity index is 512. The highest BCUT2D eigenvalue weighted by molar-refractivity contribution is 9.10. The van der Waals surface area contributed by atoms with Crippen LogP contribution in [-0.2, 0) is 16.1 Å². The zero-order valence-corrected chi connectivity index (χ0v) is 13.2. The lowest BCUT2D eigenvalue weighted by Gasteiger charge is -2.19. The molecule has 0 unspecified atom stereocenters. The molecule has 0 aliphatic carbocycles. The number of nitrogens with one attached hydrogen (secondary N) is 1. The van der Waals surface area contributed by atoms with Gasteiger partial charge in [0.2, 0.25) is 0 Å². The summed E-state index contributed by atoms with van der Waals surface area (Å²) in [6.07, 6.45) is 0. The molecule has 7 heteroatoms. The molecule has 1 rings (SSSR count). The number of rotatable bonds is 5. The van der Waals surface area contributed by atoms with Crippen molar-refractivity contribution in [3.63, 3.8) is 0 Å². The van der Waals surface area contributed by atoms with E-state index in [-0.39, 0.29) is 18.2 Å². The molecular weight excluding hydrogens is 328 g/mol. The summed E-state index contributed by atoms with van der Waals surface area (Å²) < 4.78 is 5.57. The summed E-state index contributed by atoms with van der Waals surface area (Å²) in [4.78, 5) is 21.8. The van der Waals surface area contributed by atoms with Gasteiger partial charge in [-0.1, -0.05) is 6.07 Å². The summed E-state index contributed by atoms with van der Waals surface area (Å²) in [6, 6.07) is 4.83. The van der Waals surface area contributed by atoms with E-state index in [0.29, 0.717) is 11.0 Å². The third-order valence-corrected chi connectivity index (χ3v) is 2.90. The van der Waals surface area contributed by atoms with E-state index in [2.05, 4.69) is 21.2 Å². The Labute approximate surface area is 125 Å². The number of halogens is 1. The molecule has 0 aliphatic heterocycles. The topological polar surface area (TPSA) is 81.5 Å². The summed E-state index contributed by atoms with van der Waals surface area (Å²) in [5, 5.41) is 13.7. The maximum Gasteiger partial charge on any atom is 0.320 e. The Morgan fingerprint density at radius 3 is 2.65 bits per heavy atom. The minimum Gasteiger partial charge on any atom is -0.459 e. The third kappa shape index (κ3) is 5.66. The number of carbonyl (C=O) groups excluding carboxylic acids is 1. The minimum absolute atomic E-state index is 0.00145. The first-order valence-electron chi connectivity index (χ1n) is 6.04. The second-order valence-corrected chi connectivity index (χ2v) is 6.09. The van der Waals surface area contributed by atoms with Gasteiger partial charge < -0.3 is 10.1 Å². The van der Waals surface area contributed by atoms with Crippen molar-refractivity contribution in [1.82, 2.24) is 5.32 Å². The van der Waals surface area contributed by atoms with Crippen LogP contribution in [0.4, 0.5) is 5.69 Å². The average Bonchev–Trinajstić information content (AvgIpc) is 2.28. The van der Waals surface area contributed by atoms with Crippen LogP contribution in [0.1, 0.15) is 26.3 Å². The first kappa shape index (κ1) is 16.6. The summed E-state index contributed by atoms with van der Waals surface area (Å²) in [5.41, 5.74) is 0.208. The predicted molar refractivity (Wildman–Crippen MR) is 78.3 cm³/mol. The number of nitro benzene ring substituents is 1. The molecule has 1 N–H and O–H groups in total. The third-order valence-electron chi connectivity index (χ3n) is 2.23. The number of benzene rings is 1. The van der Waals surface area contributed by atoms with Crippen LogP contribution in [0.25, 0.3) is 0 Å². The normalized spacial score (nSPS) is 11.2. The Morgan fingerprint density at radius 2 is 2.10 bits per heavy atom. The SMILES string of the molecule is CC(C)(C)OC(=O)CNCc1ccc(Br)c([N+](=O)[O-])c1. The molecule has 110 valence electrons. The van der Waals surface area contributed by atoms with E-state index in [1.54, 1.807) is 32.9 Å². The van der Waals surface area contributed by atoms with E-state index in [4.69, 9.17) is 4.74 Å². The van der Waals surface area contributed by atoms with Gasteiger partial charge in [-0.2, -0.15) is 0 Å². The highest BCUT2D eigenvalue weighted by Gasteiger charge is 2.16. The Balaban J connectivity index is 2.53. The van der Waals surface area contributed by atoms with Gasteiger partial charge in [0.05, 0.1) is 15.9 Å². The molecule has 0 aromatic heterocycles. The van der Waals surface area contributed by atoms with E-state index in [0.717, 1.165) is 5.56 Å². The van der Waals surface area contributed by atoms with Crippen molar-refractivity contribution in [3.05, 3.63) is 38.3 Å². The molecule has 0 saturated heterocycles. The van der Waals surface area contributed by atoms with E-state index < -0.39 is 10.5 Å². The van der Waals surface area contributed by atoms with E-state index in [9.17, 15) is 14.9 Å². The fourth-order valence-corrected chi connectivity index (χ4v) is 1.89. The Kier molecular flexibility index (Phi) is 5.64. The molecule has 1 aromatic carbocycles. The predicted octanol–water partition coefficient (Wildman–Crippen LogP) is 2.79. The monoisotopic (exact) mass is 344 g/mol. The minimum atomic E-state index is -0.519. The largest absolute Gasteiger partial charge is 0.459 e. The second kappa shape index (κ2) is 6.81. The van der Waals surface area contributed by atoms with Gasteiger partial charge in [0, 0.05) is 12.6 Å². The van der Waals surface area contributed by atoms with Gasteiger partial charge in [0.1, 0.15) is 5.60 Å². The molecule has 0 amide bonds. The number of carbonyl (C=O) groups is 1. The molecule has 0 aliphatic rings. The molecule has 0 heterocycles. The van der Waals surface area contributed by atoms with E-state index in [1.807, 2.05) is 0 Å². The Hall–Kier alpha value is -1.47. The number of esters is 1. The second-order valence-electron chi connectivity index (χ2n) is 5.23. The number of hydrogen-bond acceptors (Lipinski definition) is 5. The summed E-state index contributed by atoms with van der Waals surface area (Å²) in [6.45, 7) is 5.80. The van der Waals surface area contributed by atoms with Crippen LogP contribution in [0, 0.1) is 10.1 Å². The molecule has 0 fully saturated rings. The van der Waals surface area contributed by atoms with Crippen molar-refractivity contribution in [3.8, 4) is 0 Å². The fourth-order valence-electron chi connectivity index (χ4n) is 1.49. The van der Waals surface area contributed by atoms with Gasteiger partial charge in [0.15, 0.2) is 0 Å². The highest BCUT2D eigenvalue weighted by Crippen LogP contribution is 2.25. The zero-order chi connectivity index (χ0) is 15.3. The van der Waals surface area contributed by atoms with Crippen molar-refractivity contribution in [1.29, 1.82) is 0 Å². The number of nitro groups is 1. The molecule has 0 spiro atoms. The highest BCUT2D eigenvalue weighted by atomic mass is 79.9. The molecular formula is C13H17BrN2O4. The van der Waals surface area contributed by atoms with Crippen LogP contribution in [-0.4, -0.2) is 23.0 Å². The fraction of sp³-hybridized carbons (Fsp3) is 0.462. The molecule has 1 aromatic rings. The maximum absolute atomic E-state index is 11.5. The molecule has 0 atom stereocenters. The van der Waals surface area contributed by atoms with Gasteiger partial charge >= 0.3 is 5.97 Å². The lowest BCUT2D eigenvalue weighted by molar-refractivity contribution is -0.385. The van der Waals surface area contributed by atoms with Crippen LogP contribution in [0.15, 0.2) is 22.7 Å². The summed E-state index contributed by atoms with van der Waals surface area (Å²) >= 11 is 3.12. The summed E-state index contributed by atoms with van der Waals surface area (Å²) in [7, 11) is 0. The molecule has 0 saturated carbocycles. The Morgan fingerprint density at radius 1 is 1.45 bits per heavy atom. The average molecular weight is 345 g/mol. The lowest BCUT2D eigenvalue weighted by atomic mass is 10.2. The van der Waals surface area contributed by atoms with Crippen LogP contribution < -0.4 is 5.32 Å². The van der Waals surface area contributed by atoms with E-state index >= 15 is 0 Å². The first-order chi connectivity index (χ1) is 9.19. The molecule has 0 radical (unpaired) electrons. The maximum atomic E-state index is 11.5. The van der Waals surface area contributed by atoms with Gasteiger partial charge in [-0.3, -0.25) is 14.9 Å². The van der Waals surface area contributed by atoms with Crippen molar-refractivity contribution < 1.29 is 14.5 Å². The van der Waals surface area contributed by atoms with Crippen molar-refractivity contribution in [2.24, 2.45) is 0 Å². The lowest BCUT2D eigenvalue weighted by Crippen LogP contribution is -2.31.